The maximum absolute atomic E-state index is 13.1. The molecule has 0 bridgehead atoms. The van der Waals surface area contributed by atoms with E-state index in [1.807, 2.05) is 0 Å². The van der Waals surface area contributed by atoms with Crippen LogP contribution in [0.15, 0.2) is 18.2 Å². The van der Waals surface area contributed by atoms with Crippen molar-refractivity contribution in [3.05, 3.63) is 35.4 Å². The zero-order valence-electron chi connectivity index (χ0n) is 12.8. The quantitative estimate of drug-likeness (QED) is 0.496. The minimum absolute atomic E-state index is 0.0776. The Morgan fingerprint density at radius 3 is 2.30 bits per heavy atom. The van der Waals surface area contributed by atoms with Gasteiger partial charge in [0.15, 0.2) is 11.6 Å². The van der Waals surface area contributed by atoms with E-state index in [-0.39, 0.29) is 5.60 Å². The predicted molar refractivity (Wildman–Crippen MR) is 82.9 cm³/mol. The second-order valence-corrected chi connectivity index (χ2v) is 5.81. The molecule has 0 aliphatic rings. The normalized spacial score (nSPS) is 12.0. The van der Waals surface area contributed by atoms with E-state index in [0.29, 0.717) is 0 Å². The Morgan fingerprint density at radius 2 is 1.75 bits per heavy atom. The van der Waals surface area contributed by atoms with Gasteiger partial charge in [-0.2, -0.15) is 0 Å². The van der Waals surface area contributed by atoms with Crippen molar-refractivity contribution in [2.45, 2.75) is 64.4 Å². The van der Waals surface area contributed by atoms with E-state index >= 15 is 0 Å². The van der Waals surface area contributed by atoms with Gasteiger partial charge in [-0.1, -0.05) is 32.8 Å². The summed E-state index contributed by atoms with van der Waals surface area (Å²) in [6.45, 7) is 4.37. The highest BCUT2D eigenvalue weighted by atomic mass is 28.2. The molecule has 0 aliphatic heterocycles. The predicted octanol–water partition coefficient (Wildman–Crippen LogP) is 3.92. The Labute approximate surface area is 124 Å². The molecule has 0 heterocycles. The summed E-state index contributed by atoms with van der Waals surface area (Å²) < 4.78 is 31.6. The first-order chi connectivity index (χ1) is 9.56. The zero-order chi connectivity index (χ0) is 15.0. The second kappa shape index (κ2) is 8.52. The van der Waals surface area contributed by atoms with Crippen LogP contribution in [0.25, 0.3) is 0 Å². The van der Waals surface area contributed by atoms with E-state index in [1.54, 1.807) is 6.07 Å². The first kappa shape index (κ1) is 17.3. The number of benzene rings is 1. The van der Waals surface area contributed by atoms with Crippen LogP contribution in [0.1, 0.15) is 57.9 Å². The van der Waals surface area contributed by atoms with Gasteiger partial charge >= 0.3 is 0 Å². The molecule has 1 aromatic carbocycles. The van der Waals surface area contributed by atoms with Gasteiger partial charge < -0.3 is 4.43 Å². The van der Waals surface area contributed by atoms with Crippen LogP contribution in [0.2, 0.25) is 0 Å². The third-order valence-electron chi connectivity index (χ3n) is 4.30. The highest BCUT2D eigenvalue weighted by Crippen LogP contribution is 2.26. The summed E-state index contributed by atoms with van der Waals surface area (Å²) in [4.78, 5) is 0. The highest BCUT2D eigenvalue weighted by Gasteiger charge is 2.23. The second-order valence-electron chi connectivity index (χ2n) is 5.40. The van der Waals surface area contributed by atoms with Crippen molar-refractivity contribution < 1.29 is 13.2 Å². The van der Waals surface area contributed by atoms with Crippen LogP contribution in [-0.2, 0) is 10.8 Å². The molecule has 0 saturated carbocycles. The van der Waals surface area contributed by atoms with E-state index in [4.69, 9.17) is 4.43 Å². The number of halogens is 2. The molecule has 0 radical (unpaired) electrons. The van der Waals surface area contributed by atoms with E-state index in [0.717, 1.165) is 61.0 Å². The summed E-state index contributed by atoms with van der Waals surface area (Å²) >= 11 is 0. The average Bonchev–Trinajstić information content (AvgIpc) is 2.47. The fourth-order valence-corrected chi connectivity index (χ4v) is 3.42. The molecule has 0 saturated heterocycles. The minimum atomic E-state index is -0.770. The van der Waals surface area contributed by atoms with Crippen molar-refractivity contribution >= 4 is 10.5 Å². The first-order valence-electron chi connectivity index (χ1n) is 7.56. The van der Waals surface area contributed by atoms with Crippen molar-refractivity contribution in [3.8, 4) is 0 Å². The van der Waals surface area contributed by atoms with Crippen LogP contribution in [-0.4, -0.2) is 16.1 Å². The molecule has 0 amide bonds. The van der Waals surface area contributed by atoms with Crippen molar-refractivity contribution in [1.29, 1.82) is 0 Å². The van der Waals surface area contributed by atoms with Crippen molar-refractivity contribution in [2.24, 2.45) is 0 Å². The summed E-state index contributed by atoms with van der Waals surface area (Å²) in [5.74, 6) is -1.52. The summed E-state index contributed by atoms with van der Waals surface area (Å²) in [6.07, 6.45) is 7.28. The Balaban J connectivity index is 2.29. The van der Waals surface area contributed by atoms with E-state index in [1.165, 1.54) is 12.1 Å². The van der Waals surface area contributed by atoms with E-state index < -0.39 is 11.6 Å². The molecule has 1 aromatic rings. The number of hydrogen-bond acceptors (Lipinski definition) is 1. The summed E-state index contributed by atoms with van der Waals surface area (Å²) in [5.41, 5.74) is 0.953. The molecule has 4 heteroatoms. The summed E-state index contributed by atoms with van der Waals surface area (Å²) in [7, 11) is 0.785. The lowest BCUT2D eigenvalue weighted by molar-refractivity contribution is 0.0584. The molecular weight excluding hydrogens is 274 g/mol. The summed E-state index contributed by atoms with van der Waals surface area (Å²) in [5, 5.41) is 0. The average molecular weight is 300 g/mol. The smallest absolute Gasteiger partial charge is 0.159 e. The van der Waals surface area contributed by atoms with Gasteiger partial charge in [-0.25, -0.2) is 8.78 Å². The van der Waals surface area contributed by atoms with Crippen LogP contribution in [0.5, 0.6) is 0 Å². The molecule has 0 fully saturated rings. The maximum atomic E-state index is 13.1. The standard InChI is InChI=1S/C16H26F2OSi/c1-3-16(4-2,19-20)11-7-5-6-8-13-9-10-14(17)15(18)12-13/h9-10,12H,3-8,11H2,1-2,20H3. The number of aryl methyl sites for hydroxylation is 1. The lowest BCUT2D eigenvalue weighted by atomic mass is 9.90. The number of unbranched alkanes of at least 4 members (excludes halogenated alkanes) is 2. The molecule has 1 nitrogen and oxygen atoms in total. The molecule has 0 atom stereocenters. The third kappa shape index (κ3) is 4.98. The van der Waals surface area contributed by atoms with E-state index in [9.17, 15) is 8.78 Å². The Hall–Kier alpha value is -0.743. The number of rotatable bonds is 9. The molecule has 1 rings (SSSR count). The molecule has 0 aliphatic carbocycles. The third-order valence-corrected chi connectivity index (χ3v) is 5.17. The van der Waals surface area contributed by atoms with Gasteiger partial charge in [0, 0.05) is 0 Å². The molecular formula is C16H26F2OSi. The fourth-order valence-electron chi connectivity index (χ4n) is 2.64. The van der Waals surface area contributed by atoms with Crippen LogP contribution in [0.4, 0.5) is 8.78 Å². The topological polar surface area (TPSA) is 9.23 Å². The van der Waals surface area contributed by atoms with Gasteiger partial charge in [0.2, 0.25) is 0 Å². The van der Waals surface area contributed by atoms with Crippen LogP contribution in [0.3, 0.4) is 0 Å². The first-order valence-corrected chi connectivity index (χ1v) is 8.37. The molecule has 0 aromatic heterocycles. The van der Waals surface area contributed by atoms with Gasteiger partial charge in [-0.05, 0) is 49.8 Å². The molecule has 20 heavy (non-hydrogen) atoms. The van der Waals surface area contributed by atoms with E-state index in [2.05, 4.69) is 13.8 Å². The van der Waals surface area contributed by atoms with Gasteiger partial charge in [-0.15, -0.1) is 0 Å². The Bertz CT molecular complexity index is 397. The monoisotopic (exact) mass is 300 g/mol. The number of hydrogen-bond donors (Lipinski definition) is 0. The zero-order valence-corrected chi connectivity index (χ0v) is 14.8. The van der Waals surface area contributed by atoms with Crippen molar-refractivity contribution in [1.82, 2.24) is 0 Å². The van der Waals surface area contributed by atoms with Crippen LogP contribution < -0.4 is 0 Å². The lowest BCUT2D eigenvalue weighted by Gasteiger charge is -2.31. The minimum Gasteiger partial charge on any atom is -0.422 e. The fraction of sp³-hybridized carbons (Fsp3) is 0.625. The van der Waals surface area contributed by atoms with Crippen molar-refractivity contribution in [2.75, 3.05) is 0 Å². The van der Waals surface area contributed by atoms with Gasteiger partial charge in [-0.3, -0.25) is 0 Å². The van der Waals surface area contributed by atoms with Crippen molar-refractivity contribution in [3.63, 3.8) is 0 Å². The van der Waals surface area contributed by atoms with Gasteiger partial charge in [0.1, 0.15) is 10.5 Å². The summed E-state index contributed by atoms with van der Waals surface area (Å²) in [6, 6.07) is 4.18. The van der Waals surface area contributed by atoms with Gasteiger partial charge in [0.05, 0.1) is 5.60 Å². The molecule has 0 unspecified atom stereocenters. The van der Waals surface area contributed by atoms with Gasteiger partial charge in [0.25, 0.3) is 0 Å². The Morgan fingerprint density at radius 1 is 1.05 bits per heavy atom. The largest absolute Gasteiger partial charge is 0.422 e. The maximum Gasteiger partial charge on any atom is 0.159 e. The van der Waals surface area contributed by atoms with Crippen LogP contribution >= 0.6 is 0 Å². The molecule has 114 valence electrons. The molecule has 0 spiro atoms. The SMILES string of the molecule is CCC(CC)(CCCCCc1ccc(F)c(F)c1)O[SiH3]. The Kier molecular flexibility index (Phi) is 7.38. The highest BCUT2D eigenvalue weighted by molar-refractivity contribution is 5.98. The molecule has 0 N–H and O–H groups in total. The lowest BCUT2D eigenvalue weighted by Crippen LogP contribution is -2.30. The van der Waals surface area contributed by atoms with Crippen LogP contribution in [0, 0.1) is 11.6 Å².